The van der Waals surface area contributed by atoms with Gasteiger partial charge < -0.3 is 40.5 Å². The van der Waals surface area contributed by atoms with E-state index in [1.165, 1.54) is 0 Å². The molecule has 2 saturated heterocycles. The molecule has 0 spiro atoms. The Morgan fingerprint density at radius 2 is 1.09 bits per heavy atom. The number of ether oxygens (including phenoxy) is 2. The lowest BCUT2D eigenvalue weighted by molar-refractivity contribution is -0.125. The number of nitrogens with one attached hydrogen (secondary N) is 2. The van der Waals surface area contributed by atoms with Gasteiger partial charge in [0.25, 0.3) is 0 Å². The summed E-state index contributed by atoms with van der Waals surface area (Å²) in [5, 5.41) is 47.1. The van der Waals surface area contributed by atoms with Gasteiger partial charge in [0, 0.05) is 25.2 Å². The van der Waals surface area contributed by atoms with Gasteiger partial charge >= 0.3 is 0 Å². The van der Waals surface area contributed by atoms with Gasteiger partial charge in [-0.25, -0.2) is 8.42 Å². The number of carbonyl (C=O) groups is 2. The van der Waals surface area contributed by atoms with Crippen LogP contribution >= 0.6 is 0 Å². The lowest BCUT2D eigenvalue weighted by Gasteiger charge is -2.28. The van der Waals surface area contributed by atoms with Crippen molar-refractivity contribution >= 4 is 21.8 Å². The molecule has 0 radical (unpaired) electrons. The first-order chi connectivity index (χ1) is 16.4. The van der Waals surface area contributed by atoms with E-state index >= 15 is 0 Å². The van der Waals surface area contributed by atoms with Crippen LogP contribution in [0.1, 0.15) is 38.5 Å². The standard InChI is InChI=1S/C21H35N3O10S/c1-35(31,32)24(8-14-20(29)18(27)12(33-14)6-16(25)22-10-2-3-10)9-15-21(30)19(28)13(34-15)7-17(26)23-11-4-5-11/h10-15,18-21,27-30H,2-9H2,1H3,(H,22,25)(H,23,26)/t12-,13-,14+,15+,18-,19-,20+,21+/m0/s1. The van der Waals surface area contributed by atoms with Gasteiger partial charge in [-0.05, 0) is 25.7 Å². The SMILES string of the molecule is CS(=O)(=O)N(C[C@H]1O[C@@H](CC(=O)NC2CC2)[C@H](O)[C@@H]1O)C[C@H]1O[C@@H](CC(=O)NC2CC2)[C@H](O)[C@@H]1O. The molecule has 14 heteroatoms. The van der Waals surface area contributed by atoms with Gasteiger partial charge in [-0.15, -0.1) is 0 Å². The Bertz CT molecular complexity index is 840. The molecule has 4 fully saturated rings. The normalized spacial score (nSPS) is 37.5. The van der Waals surface area contributed by atoms with E-state index in [-0.39, 0.29) is 49.8 Å². The van der Waals surface area contributed by atoms with Crippen LogP contribution in [0.15, 0.2) is 0 Å². The van der Waals surface area contributed by atoms with Crippen LogP contribution in [0.5, 0.6) is 0 Å². The average Bonchev–Trinajstić information content (AvgIpc) is 3.69. The quantitative estimate of drug-likeness (QED) is 0.159. The first-order valence-corrected chi connectivity index (χ1v) is 13.8. The number of sulfonamides is 1. The first-order valence-electron chi connectivity index (χ1n) is 12.0. The van der Waals surface area contributed by atoms with Crippen molar-refractivity contribution in [3.63, 3.8) is 0 Å². The monoisotopic (exact) mass is 521 g/mol. The van der Waals surface area contributed by atoms with Gasteiger partial charge in [0.15, 0.2) is 0 Å². The maximum absolute atomic E-state index is 12.5. The molecule has 2 aliphatic carbocycles. The molecule has 0 bridgehead atoms. The minimum absolute atomic E-state index is 0.124. The van der Waals surface area contributed by atoms with Crippen molar-refractivity contribution in [3.05, 3.63) is 0 Å². The number of rotatable bonds is 11. The summed E-state index contributed by atoms with van der Waals surface area (Å²) in [7, 11) is -3.89. The molecule has 4 rings (SSSR count). The van der Waals surface area contributed by atoms with E-state index < -0.39 is 58.9 Å². The summed E-state index contributed by atoms with van der Waals surface area (Å²) in [5.74, 6) is -0.643. The molecule has 2 saturated carbocycles. The third-order valence-corrected chi connectivity index (χ3v) is 8.05. The fourth-order valence-corrected chi connectivity index (χ4v) is 5.27. The maximum Gasteiger partial charge on any atom is 0.222 e. The highest BCUT2D eigenvalue weighted by atomic mass is 32.2. The van der Waals surface area contributed by atoms with Crippen LogP contribution in [0.2, 0.25) is 0 Å². The van der Waals surface area contributed by atoms with Crippen LogP contribution in [-0.2, 0) is 29.1 Å². The summed E-state index contributed by atoms with van der Waals surface area (Å²) in [4.78, 5) is 24.1. The van der Waals surface area contributed by atoms with Crippen molar-refractivity contribution in [1.82, 2.24) is 14.9 Å². The molecule has 4 aliphatic rings. The van der Waals surface area contributed by atoms with Crippen LogP contribution in [0.4, 0.5) is 0 Å². The molecule has 2 aliphatic heterocycles. The summed E-state index contributed by atoms with van der Waals surface area (Å²) in [5.41, 5.74) is 0. The van der Waals surface area contributed by atoms with Gasteiger partial charge in [-0.2, -0.15) is 4.31 Å². The number of hydrogen-bond acceptors (Lipinski definition) is 10. The Balaban J connectivity index is 1.34. The van der Waals surface area contributed by atoms with E-state index in [0.29, 0.717) is 0 Å². The van der Waals surface area contributed by atoms with Gasteiger partial charge in [0.05, 0.1) is 31.3 Å². The molecular weight excluding hydrogens is 486 g/mol. The van der Waals surface area contributed by atoms with E-state index in [9.17, 15) is 38.4 Å². The van der Waals surface area contributed by atoms with Crippen molar-refractivity contribution in [2.45, 2.75) is 99.4 Å². The number of aliphatic hydroxyl groups is 4. The summed E-state index contributed by atoms with van der Waals surface area (Å²) in [6, 6.07) is 0.249. The Hall–Kier alpha value is -1.39. The number of nitrogens with zero attached hydrogens (tertiary/aromatic N) is 1. The molecule has 0 aromatic rings. The average molecular weight is 522 g/mol. The van der Waals surface area contributed by atoms with Crippen molar-refractivity contribution in [1.29, 1.82) is 0 Å². The molecule has 13 nitrogen and oxygen atoms in total. The predicted octanol–water partition coefficient (Wildman–Crippen LogP) is -3.44. The third kappa shape index (κ3) is 6.89. The van der Waals surface area contributed by atoms with Crippen LogP contribution in [-0.4, -0.2) is 125 Å². The highest BCUT2D eigenvalue weighted by molar-refractivity contribution is 7.88. The van der Waals surface area contributed by atoms with Gasteiger partial charge in [-0.1, -0.05) is 0 Å². The Morgan fingerprint density at radius 3 is 1.40 bits per heavy atom. The maximum atomic E-state index is 12.5. The van der Waals surface area contributed by atoms with E-state index in [2.05, 4.69) is 10.6 Å². The fraction of sp³-hybridized carbons (Fsp3) is 0.905. The molecule has 2 amide bonds. The predicted molar refractivity (Wildman–Crippen MR) is 119 cm³/mol. The molecule has 200 valence electrons. The lowest BCUT2D eigenvalue weighted by atomic mass is 10.0. The smallest absolute Gasteiger partial charge is 0.222 e. The number of carbonyl (C=O) groups excluding carboxylic acids is 2. The van der Waals surface area contributed by atoms with E-state index in [1.54, 1.807) is 0 Å². The Kier molecular flexibility index (Phi) is 8.03. The van der Waals surface area contributed by atoms with Crippen molar-refractivity contribution in [3.8, 4) is 0 Å². The van der Waals surface area contributed by atoms with E-state index in [0.717, 1.165) is 36.2 Å². The largest absolute Gasteiger partial charge is 0.388 e. The van der Waals surface area contributed by atoms with Crippen LogP contribution in [0.3, 0.4) is 0 Å². The molecule has 0 aromatic heterocycles. The third-order valence-electron chi connectivity index (χ3n) is 6.82. The Labute approximate surface area is 203 Å². The minimum atomic E-state index is -3.89. The van der Waals surface area contributed by atoms with Crippen LogP contribution < -0.4 is 10.6 Å². The highest BCUT2D eigenvalue weighted by Gasteiger charge is 2.48. The topological polar surface area (TPSA) is 195 Å². The fourth-order valence-electron chi connectivity index (χ4n) is 4.43. The first kappa shape index (κ1) is 26.7. The second-order valence-electron chi connectivity index (χ2n) is 10.1. The van der Waals surface area contributed by atoms with Gasteiger partial charge in [-0.3, -0.25) is 9.59 Å². The summed E-state index contributed by atoms with van der Waals surface area (Å²) in [6.45, 7) is -0.735. The van der Waals surface area contributed by atoms with Crippen molar-refractivity contribution < 1.29 is 47.9 Å². The van der Waals surface area contributed by atoms with Gasteiger partial charge in [0.1, 0.15) is 36.6 Å². The lowest BCUT2D eigenvalue weighted by Crippen LogP contribution is -2.47. The summed E-state index contributed by atoms with van der Waals surface area (Å²) >= 11 is 0. The number of amides is 2. The summed E-state index contributed by atoms with van der Waals surface area (Å²) in [6.07, 6.45) is -5.72. The highest BCUT2D eigenvalue weighted by Crippen LogP contribution is 2.29. The molecule has 0 unspecified atom stereocenters. The van der Waals surface area contributed by atoms with Crippen molar-refractivity contribution in [2.24, 2.45) is 0 Å². The number of hydrogen-bond donors (Lipinski definition) is 6. The zero-order valence-electron chi connectivity index (χ0n) is 19.5. The molecule has 0 aromatic carbocycles. The van der Waals surface area contributed by atoms with Crippen LogP contribution in [0.25, 0.3) is 0 Å². The zero-order chi connectivity index (χ0) is 25.5. The molecule has 8 atom stereocenters. The van der Waals surface area contributed by atoms with E-state index in [1.807, 2.05) is 0 Å². The summed E-state index contributed by atoms with van der Waals surface area (Å²) < 4.78 is 37.1. The molecule has 6 N–H and O–H groups in total. The van der Waals surface area contributed by atoms with Crippen LogP contribution in [0, 0.1) is 0 Å². The molecule has 2 heterocycles. The zero-order valence-corrected chi connectivity index (χ0v) is 20.3. The Morgan fingerprint density at radius 1 is 0.743 bits per heavy atom. The molecule has 35 heavy (non-hydrogen) atoms. The molecular formula is C21H35N3O10S. The number of aliphatic hydroxyl groups excluding tert-OH is 4. The van der Waals surface area contributed by atoms with Gasteiger partial charge in [0.2, 0.25) is 21.8 Å². The van der Waals surface area contributed by atoms with Crippen molar-refractivity contribution in [2.75, 3.05) is 19.3 Å². The second kappa shape index (κ2) is 10.5. The second-order valence-corrected chi connectivity index (χ2v) is 12.0. The minimum Gasteiger partial charge on any atom is -0.388 e. The van der Waals surface area contributed by atoms with E-state index in [4.69, 9.17) is 9.47 Å².